The lowest BCUT2D eigenvalue weighted by atomic mass is 10.1. The summed E-state index contributed by atoms with van der Waals surface area (Å²) in [6, 6.07) is 13.5. The molecule has 0 saturated carbocycles. The normalized spacial score (nSPS) is 10.9. The number of benzene rings is 2. The van der Waals surface area contributed by atoms with E-state index in [0.29, 0.717) is 16.3 Å². The molecule has 0 fully saturated rings. The number of fused-ring (bicyclic) bond motifs is 1. The van der Waals surface area contributed by atoms with Crippen LogP contribution in [0.15, 0.2) is 53.3 Å². The molecule has 138 valence electrons. The number of nitrogens with two attached hydrogens (primary N) is 1. The monoisotopic (exact) mass is 364 g/mol. The Kier molecular flexibility index (Phi) is 5.03. The summed E-state index contributed by atoms with van der Waals surface area (Å²) in [6.45, 7) is 3.87. The van der Waals surface area contributed by atoms with Gasteiger partial charge in [-0.25, -0.2) is 4.68 Å². The Hall–Kier alpha value is -3.48. The van der Waals surface area contributed by atoms with E-state index in [9.17, 15) is 14.4 Å². The van der Waals surface area contributed by atoms with Crippen LogP contribution >= 0.6 is 0 Å². The first-order chi connectivity index (χ1) is 12.9. The minimum Gasteiger partial charge on any atom is -0.366 e. The maximum absolute atomic E-state index is 12.8. The van der Waals surface area contributed by atoms with Crippen LogP contribution < -0.4 is 16.6 Å². The number of nitrogens with one attached hydrogen (secondary N) is 1. The fourth-order valence-electron chi connectivity index (χ4n) is 2.82. The van der Waals surface area contributed by atoms with Crippen molar-refractivity contribution in [2.45, 2.75) is 26.4 Å². The number of primary amides is 1. The summed E-state index contributed by atoms with van der Waals surface area (Å²) < 4.78 is 1.31. The smallest absolute Gasteiger partial charge is 0.274 e. The van der Waals surface area contributed by atoms with Gasteiger partial charge in [0, 0.05) is 17.5 Å². The molecule has 3 aromatic rings. The fraction of sp³-hybridized carbons (Fsp3) is 0.200. The first kappa shape index (κ1) is 18.3. The Morgan fingerprint density at radius 1 is 1.11 bits per heavy atom. The van der Waals surface area contributed by atoms with Gasteiger partial charge in [-0.3, -0.25) is 14.4 Å². The third-order valence-electron chi connectivity index (χ3n) is 4.20. The number of hydrogen-bond acceptors (Lipinski definition) is 4. The quantitative estimate of drug-likeness (QED) is 0.722. The van der Waals surface area contributed by atoms with Crippen molar-refractivity contribution < 1.29 is 9.59 Å². The van der Waals surface area contributed by atoms with Gasteiger partial charge in [0.05, 0.1) is 11.4 Å². The van der Waals surface area contributed by atoms with Crippen LogP contribution in [0.25, 0.3) is 10.8 Å². The first-order valence-electron chi connectivity index (χ1n) is 8.57. The van der Waals surface area contributed by atoms with Gasteiger partial charge in [-0.05, 0) is 37.6 Å². The number of hydrogen-bond donors (Lipinski definition) is 2. The van der Waals surface area contributed by atoms with E-state index in [1.165, 1.54) is 4.68 Å². The topological polar surface area (TPSA) is 107 Å². The number of rotatable bonds is 5. The van der Waals surface area contributed by atoms with Crippen LogP contribution in [0.2, 0.25) is 0 Å². The van der Waals surface area contributed by atoms with E-state index in [1.807, 2.05) is 13.8 Å². The molecule has 7 heteroatoms. The molecular weight excluding hydrogens is 344 g/mol. The van der Waals surface area contributed by atoms with Crippen LogP contribution in [0.5, 0.6) is 0 Å². The van der Waals surface area contributed by atoms with Crippen LogP contribution in [0.3, 0.4) is 0 Å². The van der Waals surface area contributed by atoms with Crippen LogP contribution in [0.4, 0.5) is 0 Å². The average Bonchev–Trinajstić information content (AvgIpc) is 2.66. The predicted octanol–water partition coefficient (Wildman–Crippen LogP) is 2.01. The molecule has 0 atom stereocenters. The zero-order valence-electron chi connectivity index (χ0n) is 15.1. The maximum Gasteiger partial charge on any atom is 0.274 e. The standard InChI is InChI=1S/C20H20N4O3/c1-12(2)24-20(27)16-9-4-3-8-15(16)17(23-24)19(26)22-11-13-6-5-7-14(10-13)18(21)25/h3-10,12H,11H2,1-2H3,(H2,21,25)(H,22,26). The first-order valence-corrected chi connectivity index (χ1v) is 8.57. The highest BCUT2D eigenvalue weighted by Crippen LogP contribution is 2.15. The molecular formula is C20H20N4O3. The minimum absolute atomic E-state index is 0.180. The molecule has 3 rings (SSSR count). The van der Waals surface area contributed by atoms with Crippen molar-refractivity contribution in [1.82, 2.24) is 15.1 Å². The van der Waals surface area contributed by atoms with Gasteiger partial charge in [0.1, 0.15) is 0 Å². The number of carbonyl (C=O) groups is 2. The van der Waals surface area contributed by atoms with Gasteiger partial charge in [-0.1, -0.05) is 30.3 Å². The van der Waals surface area contributed by atoms with Gasteiger partial charge in [0.25, 0.3) is 11.5 Å². The molecule has 2 aromatic carbocycles. The molecule has 1 aromatic heterocycles. The Balaban J connectivity index is 1.94. The van der Waals surface area contributed by atoms with Crippen molar-refractivity contribution in [1.29, 1.82) is 0 Å². The zero-order chi connectivity index (χ0) is 19.6. The Morgan fingerprint density at radius 3 is 2.48 bits per heavy atom. The highest BCUT2D eigenvalue weighted by atomic mass is 16.2. The van der Waals surface area contributed by atoms with Crippen LogP contribution in [0.1, 0.15) is 46.3 Å². The highest BCUT2D eigenvalue weighted by Gasteiger charge is 2.17. The Morgan fingerprint density at radius 2 is 1.81 bits per heavy atom. The number of amides is 2. The van der Waals surface area contributed by atoms with E-state index < -0.39 is 11.8 Å². The SMILES string of the molecule is CC(C)n1nc(C(=O)NCc2cccc(C(N)=O)c2)c2ccccc2c1=O. The van der Waals surface area contributed by atoms with Crippen molar-refractivity contribution >= 4 is 22.6 Å². The molecule has 2 amide bonds. The molecule has 0 saturated heterocycles. The van der Waals surface area contributed by atoms with Crippen molar-refractivity contribution in [3.63, 3.8) is 0 Å². The summed E-state index contributed by atoms with van der Waals surface area (Å²) in [7, 11) is 0. The van der Waals surface area contributed by atoms with E-state index in [0.717, 1.165) is 5.56 Å². The third kappa shape index (κ3) is 3.72. The van der Waals surface area contributed by atoms with Gasteiger partial charge in [-0.2, -0.15) is 5.10 Å². The van der Waals surface area contributed by atoms with Gasteiger partial charge in [0.2, 0.25) is 5.91 Å². The number of carbonyl (C=O) groups excluding carboxylic acids is 2. The summed E-state index contributed by atoms with van der Waals surface area (Å²) in [6.07, 6.45) is 0. The number of nitrogens with zero attached hydrogens (tertiary/aromatic N) is 2. The summed E-state index contributed by atoms with van der Waals surface area (Å²) in [4.78, 5) is 36.6. The van der Waals surface area contributed by atoms with Gasteiger partial charge < -0.3 is 11.1 Å². The van der Waals surface area contributed by atoms with Crippen molar-refractivity contribution in [2.75, 3.05) is 0 Å². The maximum atomic E-state index is 12.8. The second-order valence-electron chi connectivity index (χ2n) is 6.48. The lowest BCUT2D eigenvalue weighted by Gasteiger charge is -2.13. The summed E-state index contributed by atoms with van der Waals surface area (Å²) in [5, 5.41) is 8.02. The van der Waals surface area contributed by atoms with E-state index in [1.54, 1.807) is 48.5 Å². The van der Waals surface area contributed by atoms with E-state index in [-0.39, 0.29) is 23.8 Å². The Bertz CT molecular complexity index is 1090. The lowest BCUT2D eigenvalue weighted by Crippen LogP contribution is -2.31. The minimum atomic E-state index is -0.528. The van der Waals surface area contributed by atoms with E-state index >= 15 is 0 Å². The molecule has 0 bridgehead atoms. The van der Waals surface area contributed by atoms with Crippen molar-refractivity contribution in [3.05, 3.63) is 75.7 Å². The molecule has 27 heavy (non-hydrogen) atoms. The molecule has 0 aliphatic carbocycles. The molecule has 0 unspecified atom stereocenters. The Labute approximate surface area is 155 Å². The lowest BCUT2D eigenvalue weighted by molar-refractivity contribution is 0.0944. The van der Waals surface area contributed by atoms with Gasteiger partial charge in [0.15, 0.2) is 5.69 Å². The predicted molar refractivity (Wildman–Crippen MR) is 103 cm³/mol. The van der Waals surface area contributed by atoms with Crippen molar-refractivity contribution in [3.8, 4) is 0 Å². The van der Waals surface area contributed by atoms with Gasteiger partial charge in [-0.15, -0.1) is 0 Å². The highest BCUT2D eigenvalue weighted by molar-refractivity contribution is 6.04. The molecule has 1 heterocycles. The largest absolute Gasteiger partial charge is 0.366 e. The molecule has 3 N–H and O–H groups in total. The summed E-state index contributed by atoms with van der Waals surface area (Å²) in [5.74, 6) is -0.926. The second-order valence-corrected chi connectivity index (χ2v) is 6.48. The average molecular weight is 364 g/mol. The van der Waals surface area contributed by atoms with Crippen molar-refractivity contribution in [2.24, 2.45) is 5.73 Å². The summed E-state index contributed by atoms with van der Waals surface area (Å²) in [5.41, 5.74) is 6.35. The van der Waals surface area contributed by atoms with Crippen LogP contribution in [-0.2, 0) is 6.54 Å². The van der Waals surface area contributed by atoms with E-state index in [2.05, 4.69) is 10.4 Å². The molecule has 0 aliphatic heterocycles. The molecule has 7 nitrogen and oxygen atoms in total. The molecule has 0 aliphatic rings. The number of aromatic nitrogens is 2. The zero-order valence-corrected chi connectivity index (χ0v) is 15.1. The fourth-order valence-corrected chi connectivity index (χ4v) is 2.82. The second kappa shape index (κ2) is 7.41. The summed E-state index contributed by atoms with van der Waals surface area (Å²) >= 11 is 0. The molecule has 0 radical (unpaired) electrons. The van der Waals surface area contributed by atoms with Crippen LogP contribution in [-0.4, -0.2) is 21.6 Å². The van der Waals surface area contributed by atoms with Gasteiger partial charge >= 0.3 is 0 Å². The van der Waals surface area contributed by atoms with Crippen LogP contribution in [0, 0.1) is 0 Å². The van der Waals surface area contributed by atoms with E-state index in [4.69, 9.17) is 5.73 Å². The third-order valence-corrected chi connectivity index (χ3v) is 4.20. The molecule has 0 spiro atoms.